The van der Waals surface area contributed by atoms with Gasteiger partial charge in [-0.15, -0.1) is 0 Å². The van der Waals surface area contributed by atoms with Crippen molar-refractivity contribution in [3.8, 4) is 0 Å². The van der Waals surface area contributed by atoms with Gasteiger partial charge in [0.15, 0.2) is 0 Å². The molecular formula is C16H16N2S. The molecule has 96 valence electrons. The minimum atomic E-state index is 0.686. The molecule has 0 unspecified atom stereocenters. The summed E-state index contributed by atoms with van der Waals surface area (Å²) in [6, 6.07) is 17.0. The molecule has 0 radical (unpaired) electrons. The zero-order chi connectivity index (χ0) is 13.1. The van der Waals surface area contributed by atoms with Gasteiger partial charge in [0.2, 0.25) is 0 Å². The van der Waals surface area contributed by atoms with Gasteiger partial charge in [0.05, 0.1) is 0 Å². The number of hydrogen-bond acceptors (Lipinski definition) is 2. The Kier molecular flexibility index (Phi) is 3.58. The summed E-state index contributed by atoms with van der Waals surface area (Å²) in [4.78, 5) is 5.83. The van der Waals surface area contributed by atoms with Gasteiger partial charge in [-0.2, -0.15) is 0 Å². The van der Waals surface area contributed by atoms with Crippen LogP contribution in [0.2, 0.25) is 0 Å². The monoisotopic (exact) mass is 268 g/mol. The topological polar surface area (TPSA) is 41.8 Å². The highest BCUT2D eigenvalue weighted by Crippen LogP contribution is 2.35. The van der Waals surface area contributed by atoms with Crippen molar-refractivity contribution < 1.29 is 0 Å². The fourth-order valence-electron chi connectivity index (χ4n) is 2.23. The van der Waals surface area contributed by atoms with Gasteiger partial charge in [-0.3, -0.25) is 0 Å². The van der Waals surface area contributed by atoms with Gasteiger partial charge < -0.3 is 10.7 Å². The van der Waals surface area contributed by atoms with Gasteiger partial charge in [0, 0.05) is 26.9 Å². The smallest absolute Gasteiger partial charge is 0.0465 e. The highest BCUT2D eigenvalue weighted by atomic mass is 32.2. The number of hydrogen-bond donors (Lipinski definition) is 2. The van der Waals surface area contributed by atoms with E-state index >= 15 is 0 Å². The predicted molar refractivity (Wildman–Crippen MR) is 81.6 cm³/mol. The van der Waals surface area contributed by atoms with Crippen LogP contribution in [0.5, 0.6) is 0 Å². The highest BCUT2D eigenvalue weighted by molar-refractivity contribution is 7.99. The highest BCUT2D eigenvalue weighted by Gasteiger charge is 2.06. The van der Waals surface area contributed by atoms with Crippen molar-refractivity contribution in [1.82, 2.24) is 4.98 Å². The molecule has 0 spiro atoms. The van der Waals surface area contributed by atoms with Crippen LogP contribution in [0.25, 0.3) is 10.9 Å². The lowest BCUT2D eigenvalue weighted by molar-refractivity contribution is 0.944. The van der Waals surface area contributed by atoms with Crippen LogP contribution in [0.3, 0.4) is 0 Å². The Morgan fingerprint density at radius 3 is 2.68 bits per heavy atom. The molecule has 3 rings (SSSR count). The SMILES string of the molecule is NCCc1ccccc1Sc1cccc2[nH]ccc12. The van der Waals surface area contributed by atoms with E-state index in [1.165, 1.54) is 26.3 Å². The Hall–Kier alpha value is -1.71. The lowest BCUT2D eigenvalue weighted by Crippen LogP contribution is -2.03. The van der Waals surface area contributed by atoms with E-state index in [0.29, 0.717) is 6.54 Å². The fourth-order valence-corrected chi connectivity index (χ4v) is 3.35. The summed E-state index contributed by atoms with van der Waals surface area (Å²) in [7, 11) is 0. The molecule has 0 saturated heterocycles. The second-order valence-corrected chi connectivity index (χ2v) is 5.53. The molecule has 0 aliphatic rings. The summed E-state index contributed by atoms with van der Waals surface area (Å²) in [5, 5.41) is 1.27. The average Bonchev–Trinajstić information content (AvgIpc) is 2.91. The van der Waals surface area contributed by atoms with Gasteiger partial charge in [0.1, 0.15) is 0 Å². The molecule has 1 aromatic heterocycles. The molecule has 2 aromatic carbocycles. The second kappa shape index (κ2) is 5.51. The first-order valence-electron chi connectivity index (χ1n) is 6.40. The molecule has 3 heteroatoms. The van der Waals surface area contributed by atoms with Crippen molar-refractivity contribution in [1.29, 1.82) is 0 Å². The van der Waals surface area contributed by atoms with Crippen molar-refractivity contribution in [2.45, 2.75) is 16.2 Å². The summed E-state index contributed by atoms with van der Waals surface area (Å²) < 4.78 is 0. The van der Waals surface area contributed by atoms with Crippen molar-refractivity contribution >= 4 is 22.7 Å². The van der Waals surface area contributed by atoms with E-state index < -0.39 is 0 Å². The first-order chi connectivity index (χ1) is 9.38. The van der Waals surface area contributed by atoms with E-state index in [2.05, 4.69) is 53.5 Å². The Labute approximate surface area is 117 Å². The third kappa shape index (κ3) is 2.53. The fraction of sp³-hybridized carbons (Fsp3) is 0.125. The maximum Gasteiger partial charge on any atom is 0.0465 e. The van der Waals surface area contributed by atoms with Crippen molar-refractivity contribution in [2.75, 3.05) is 6.54 Å². The van der Waals surface area contributed by atoms with Crippen LogP contribution in [-0.4, -0.2) is 11.5 Å². The molecule has 0 aliphatic carbocycles. The first-order valence-corrected chi connectivity index (χ1v) is 7.22. The molecule has 3 aromatic rings. The molecule has 2 nitrogen and oxygen atoms in total. The van der Waals surface area contributed by atoms with Gasteiger partial charge >= 0.3 is 0 Å². The van der Waals surface area contributed by atoms with Crippen LogP contribution in [0, 0.1) is 0 Å². The Balaban J connectivity index is 1.99. The number of nitrogens with two attached hydrogens (primary N) is 1. The standard InChI is InChI=1S/C16H16N2S/c17-10-8-12-4-1-2-6-15(12)19-16-7-3-5-14-13(16)9-11-18-14/h1-7,9,11,18H,8,10,17H2. The van der Waals surface area contributed by atoms with E-state index in [4.69, 9.17) is 5.73 Å². The van der Waals surface area contributed by atoms with Gasteiger partial charge in [-0.25, -0.2) is 0 Å². The average molecular weight is 268 g/mol. The normalized spacial score (nSPS) is 11.0. The maximum atomic E-state index is 5.68. The minimum Gasteiger partial charge on any atom is -0.361 e. The van der Waals surface area contributed by atoms with E-state index in [-0.39, 0.29) is 0 Å². The molecule has 0 fully saturated rings. The Morgan fingerprint density at radius 1 is 0.947 bits per heavy atom. The number of benzene rings is 2. The number of aromatic amines is 1. The summed E-state index contributed by atoms with van der Waals surface area (Å²) >= 11 is 1.81. The Morgan fingerprint density at radius 2 is 1.79 bits per heavy atom. The molecule has 1 heterocycles. The lowest BCUT2D eigenvalue weighted by atomic mass is 10.1. The summed E-state index contributed by atoms with van der Waals surface area (Å²) in [5.74, 6) is 0. The van der Waals surface area contributed by atoms with Gasteiger partial charge in [-0.05, 0) is 42.8 Å². The third-order valence-corrected chi connectivity index (χ3v) is 4.36. The summed E-state index contributed by atoms with van der Waals surface area (Å²) in [6.45, 7) is 0.686. The molecular weight excluding hydrogens is 252 g/mol. The van der Waals surface area contributed by atoms with Crippen molar-refractivity contribution in [3.05, 3.63) is 60.3 Å². The zero-order valence-corrected chi connectivity index (χ0v) is 11.4. The van der Waals surface area contributed by atoms with Gasteiger partial charge in [-0.1, -0.05) is 36.0 Å². The number of fused-ring (bicyclic) bond motifs is 1. The maximum absolute atomic E-state index is 5.68. The number of aromatic nitrogens is 1. The molecule has 0 bridgehead atoms. The molecule has 0 saturated carbocycles. The van der Waals surface area contributed by atoms with Crippen LogP contribution in [-0.2, 0) is 6.42 Å². The van der Waals surface area contributed by atoms with Crippen LogP contribution in [0.15, 0.2) is 64.5 Å². The zero-order valence-electron chi connectivity index (χ0n) is 10.6. The lowest BCUT2D eigenvalue weighted by Gasteiger charge is -2.09. The molecule has 3 N–H and O–H groups in total. The quantitative estimate of drug-likeness (QED) is 0.755. The number of nitrogens with one attached hydrogen (secondary N) is 1. The second-order valence-electron chi connectivity index (χ2n) is 4.44. The van der Waals surface area contributed by atoms with E-state index in [1.807, 2.05) is 18.0 Å². The first kappa shape index (κ1) is 12.3. The molecule has 0 aliphatic heterocycles. The summed E-state index contributed by atoms with van der Waals surface area (Å²) in [6.07, 6.45) is 2.91. The van der Waals surface area contributed by atoms with E-state index in [9.17, 15) is 0 Å². The number of rotatable bonds is 4. The Bertz CT molecular complexity index is 688. The van der Waals surface area contributed by atoms with E-state index in [1.54, 1.807) is 0 Å². The van der Waals surface area contributed by atoms with Crippen molar-refractivity contribution in [3.63, 3.8) is 0 Å². The van der Waals surface area contributed by atoms with Crippen LogP contribution < -0.4 is 5.73 Å². The predicted octanol–water partition coefficient (Wildman–Crippen LogP) is 3.82. The van der Waals surface area contributed by atoms with Crippen molar-refractivity contribution in [2.24, 2.45) is 5.73 Å². The largest absolute Gasteiger partial charge is 0.361 e. The van der Waals surface area contributed by atoms with Crippen LogP contribution in [0.4, 0.5) is 0 Å². The third-order valence-electron chi connectivity index (χ3n) is 3.16. The molecule has 0 amide bonds. The molecule has 19 heavy (non-hydrogen) atoms. The van der Waals surface area contributed by atoms with E-state index in [0.717, 1.165) is 6.42 Å². The number of H-pyrrole nitrogens is 1. The van der Waals surface area contributed by atoms with Crippen LogP contribution >= 0.6 is 11.8 Å². The minimum absolute atomic E-state index is 0.686. The molecule has 0 atom stereocenters. The summed E-state index contributed by atoms with van der Waals surface area (Å²) in [5.41, 5.74) is 8.19. The van der Waals surface area contributed by atoms with Crippen LogP contribution in [0.1, 0.15) is 5.56 Å². The van der Waals surface area contributed by atoms with Gasteiger partial charge in [0.25, 0.3) is 0 Å².